The molecule has 7 nitrogen and oxygen atoms in total. The molecule has 7 heteroatoms. The molecule has 2 heterocycles. The second kappa shape index (κ2) is 4.90. The minimum Gasteiger partial charge on any atom is -0.368 e. The van der Waals surface area contributed by atoms with Gasteiger partial charge >= 0.3 is 0 Å². The summed E-state index contributed by atoms with van der Waals surface area (Å²) < 4.78 is 0. The van der Waals surface area contributed by atoms with Crippen molar-refractivity contribution in [2.75, 3.05) is 31.7 Å². The van der Waals surface area contributed by atoms with Gasteiger partial charge in [0, 0.05) is 12.1 Å². The third-order valence-corrected chi connectivity index (χ3v) is 4.39. The summed E-state index contributed by atoms with van der Waals surface area (Å²) in [6.07, 6.45) is 6.72. The molecule has 0 radical (unpaired) electrons. The monoisotopic (exact) mass is 275 g/mol. The lowest BCUT2D eigenvalue weighted by Gasteiger charge is -2.36. The van der Waals surface area contributed by atoms with E-state index in [1.165, 1.54) is 25.7 Å². The molecule has 2 aromatic heterocycles. The molecule has 108 valence electrons. The molecule has 0 aliphatic heterocycles. The maximum atomic E-state index is 5.74. The molecule has 0 aromatic carbocycles. The highest BCUT2D eigenvalue weighted by molar-refractivity contribution is 5.86. The lowest BCUT2D eigenvalue weighted by atomic mass is 9.96. The van der Waals surface area contributed by atoms with E-state index in [1.54, 1.807) is 6.20 Å². The molecule has 2 aromatic rings. The molecule has 1 fully saturated rings. The fourth-order valence-electron chi connectivity index (χ4n) is 3.05. The minimum atomic E-state index is 0.204. The van der Waals surface area contributed by atoms with E-state index < -0.39 is 0 Å². The van der Waals surface area contributed by atoms with Crippen LogP contribution < -0.4 is 11.1 Å². The third-order valence-electron chi connectivity index (χ3n) is 4.39. The number of rotatable bonds is 4. The Morgan fingerprint density at radius 2 is 2.10 bits per heavy atom. The van der Waals surface area contributed by atoms with E-state index in [1.807, 2.05) is 0 Å². The summed E-state index contributed by atoms with van der Waals surface area (Å²) >= 11 is 0. The van der Waals surface area contributed by atoms with E-state index in [-0.39, 0.29) is 11.5 Å². The first kappa shape index (κ1) is 13.1. The third kappa shape index (κ3) is 2.18. The number of aromatic amines is 1. The van der Waals surface area contributed by atoms with Crippen LogP contribution in [-0.2, 0) is 0 Å². The number of hydrogen-bond donors (Lipinski definition) is 3. The van der Waals surface area contributed by atoms with E-state index in [0.717, 1.165) is 17.7 Å². The number of nitrogen functional groups attached to an aromatic ring is 1. The van der Waals surface area contributed by atoms with Crippen molar-refractivity contribution in [3.63, 3.8) is 0 Å². The summed E-state index contributed by atoms with van der Waals surface area (Å²) in [5, 5.41) is 11.2. The molecular formula is C13H21N7. The molecule has 1 aliphatic rings. The Morgan fingerprint density at radius 3 is 2.80 bits per heavy atom. The van der Waals surface area contributed by atoms with Crippen LogP contribution in [0.1, 0.15) is 25.7 Å². The van der Waals surface area contributed by atoms with Crippen LogP contribution in [0, 0.1) is 0 Å². The maximum Gasteiger partial charge on any atom is 0.224 e. The van der Waals surface area contributed by atoms with Gasteiger partial charge in [0.15, 0.2) is 5.65 Å². The highest BCUT2D eigenvalue weighted by atomic mass is 15.2. The lowest BCUT2D eigenvalue weighted by Crippen LogP contribution is -2.47. The van der Waals surface area contributed by atoms with Crippen molar-refractivity contribution < 1.29 is 0 Å². The quantitative estimate of drug-likeness (QED) is 0.776. The number of hydrogen-bond acceptors (Lipinski definition) is 6. The van der Waals surface area contributed by atoms with Crippen molar-refractivity contribution in [3.8, 4) is 0 Å². The zero-order chi connectivity index (χ0) is 14.2. The smallest absolute Gasteiger partial charge is 0.224 e. The Bertz CT molecular complexity index is 598. The fourth-order valence-corrected chi connectivity index (χ4v) is 3.05. The number of likely N-dealkylation sites (N-methyl/N-ethyl adjacent to an activating group) is 1. The second-order valence-electron chi connectivity index (χ2n) is 5.74. The molecule has 0 saturated heterocycles. The van der Waals surface area contributed by atoms with Gasteiger partial charge in [0.1, 0.15) is 5.82 Å². The Hall–Kier alpha value is -1.89. The lowest BCUT2D eigenvalue weighted by molar-refractivity contribution is 0.172. The number of H-pyrrole nitrogens is 1. The first-order valence-corrected chi connectivity index (χ1v) is 6.99. The fraction of sp³-hybridized carbons (Fsp3) is 0.615. The summed E-state index contributed by atoms with van der Waals surface area (Å²) in [5.74, 6) is 1.02. The molecule has 0 spiro atoms. The SMILES string of the molecule is CN(C)C1(CNc2nc(N)nc3[nH]ncc23)CCCC1. The van der Waals surface area contributed by atoms with Crippen LogP contribution in [0.15, 0.2) is 6.20 Å². The largest absolute Gasteiger partial charge is 0.368 e. The number of nitrogens with one attached hydrogen (secondary N) is 2. The van der Waals surface area contributed by atoms with Crippen LogP contribution >= 0.6 is 0 Å². The standard InChI is InChI=1S/C13H21N7/c1-20(2)13(5-3-4-6-13)8-15-10-9-7-16-19-11(9)18-12(14)17-10/h7H,3-6,8H2,1-2H3,(H4,14,15,16,17,18,19). The van der Waals surface area contributed by atoms with Gasteiger partial charge in [0.25, 0.3) is 0 Å². The molecule has 20 heavy (non-hydrogen) atoms. The van der Waals surface area contributed by atoms with Gasteiger partial charge in [-0.15, -0.1) is 0 Å². The Balaban J connectivity index is 1.84. The van der Waals surface area contributed by atoms with Gasteiger partial charge in [-0.25, -0.2) is 0 Å². The molecule has 0 atom stereocenters. The zero-order valence-corrected chi connectivity index (χ0v) is 12.0. The highest BCUT2D eigenvalue weighted by Gasteiger charge is 2.35. The Morgan fingerprint density at radius 1 is 1.35 bits per heavy atom. The number of fused-ring (bicyclic) bond motifs is 1. The second-order valence-corrected chi connectivity index (χ2v) is 5.74. The normalized spacial score (nSPS) is 17.9. The number of nitrogens with two attached hydrogens (primary N) is 1. The summed E-state index contributed by atoms with van der Waals surface area (Å²) in [7, 11) is 4.30. The van der Waals surface area contributed by atoms with Gasteiger partial charge in [0.2, 0.25) is 5.95 Å². The molecule has 1 saturated carbocycles. The molecule has 0 amide bonds. The van der Waals surface area contributed by atoms with Gasteiger partial charge in [-0.05, 0) is 26.9 Å². The maximum absolute atomic E-state index is 5.74. The van der Waals surface area contributed by atoms with Crippen LogP contribution in [0.5, 0.6) is 0 Å². The average molecular weight is 275 g/mol. The van der Waals surface area contributed by atoms with Crippen LogP contribution in [0.4, 0.5) is 11.8 Å². The highest BCUT2D eigenvalue weighted by Crippen LogP contribution is 2.34. The van der Waals surface area contributed by atoms with Crippen molar-refractivity contribution in [2.45, 2.75) is 31.2 Å². The Labute approximate surface area is 118 Å². The van der Waals surface area contributed by atoms with Crippen LogP contribution in [0.3, 0.4) is 0 Å². The number of anilines is 2. The first-order valence-electron chi connectivity index (χ1n) is 6.99. The van der Waals surface area contributed by atoms with Gasteiger partial charge in [-0.2, -0.15) is 15.1 Å². The van der Waals surface area contributed by atoms with E-state index in [4.69, 9.17) is 5.73 Å². The van der Waals surface area contributed by atoms with Crippen molar-refractivity contribution in [2.24, 2.45) is 0 Å². The first-order chi connectivity index (χ1) is 9.61. The van der Waals surface area contributed by atoms with Crippen LogP contribution in [0.2, 0.25) is 0 Å². The molecule has 0 bridgehead atoms. The molecule has 1 aliphatic carbocycles. The molecule has 0 unspecified atom stereocenters. The van der Waals surface area contributed by atoms with Gasteiger partial charge in [-0.3, -0.25) is 5.10 Å². The predicted molar refractivity (Wildman–Crippen MR) is 79.5 cm³/mol. The number of nitrogens with zero attached hydrogens (tertiary/aromatic N) is 4. The number of aromatic nitrogens is 4. The van der Waals surface area contributed by atoms with Gasteiger partial charge < -0.3 is 16.0 Å². The van der Waals surface area contributed by atoms with Gasteiger partial charge in [0.05, 0.1) is 11.6 Å². The Kier molecular flexibility index (Phi) is 3.21. The predicted octanol–water partition coefficient (Wildman–Crippen LogP) is 1.22. The molecule has 4 N–H and O–H groups in total. The van der Waals surface area contributed by atoms with E-state index >= 15 is 0 Å². The van der Waals surface area contributed by atoms with Crippen LogP contribution in [0.25, 0.3) is 11.0 Å². The summed E-state index contributed by atoms with van der Waals surface area (Å²) in [6, 6.07) is 0. The van der Waals surface area contributed by atoms with Crippen molar-refractivity contribution in [1.29, 1.82) is 0 Å². The van der Waals surface area contributed by atoms with Crippen molar-refractivity contribution >= 4 is 22.8 Å². The summed E-state index contributed by atoms with van der Waals surface area (Å²) in [4.78, 5) is 10.8. The molecule has 3 rings (SSSR count). The van der Waals surface area contributed by atoms with E-state index in [0.29, 0.717) is 5.65 Å². The van der Waals surface area contributed by atoms with Crippen LogP contribution in [-0.4, -0.2) is 51.2 Å². The van der Waals surface area contributed by atoms with E-state index in [9.17, 15) is 0 Å². The summed E-state index contributed by atoms with van der Waals surface area (Å²) in [5.41, 5.74) is 6.62. The minimum absolute atomic E-state index is 0.204. The zero-order valence-electron chi connectivity index (χ0n) is 12.0. The van der Waals surface area contributed by atoms with E-state index in [2.05, 4.69) is 44.5 Å². The van der Waals surface area contributed by atoms with Crippen molar-refractivity contribution in [3.05, 3.63) is 6.20 Å². The topological polar surface area (TPSA) is 95.7 Å². The van der Waals surface area contributed by atoms with Crippen molar-refractivity contribution in [1.82, 2.24) is 25.1 Å². The summed E-state index contributed by atoms with van der Waals surface area (Å²) in [6.45, 7) is 0.858. The van der Waals surface area contributed by atoms with Gasteiger partial charge in [-0.1, -0.05) is 12.8 Å². The molecular weight excluding hydrogens is 254 g/mol. The average Bonchev–Trinajstić information content (AvgIpc) is 3.04.